The van der Waals surface area contributed by atoms with Gasteiger partial charge in [-0.25, -0.2) is 0 Å². The molecule has 0 bridgehead atoms. The first kappa shape index (κ1) is 9.51. The van der Waals surface area contributed by atoms with Crippen molar-refractivity contribution in [3.8, 4) is 0 Å². The number of likely N-dealkylation sites (tertiary alicyclic amines) is 1. The predicted molar refractivity (Wildman–Crippen MR) is 55.9 cm³/mol. The standard InChI is InChI=1S/C12H23N/c1-3-13-10(2)8-9-11-6-4-5-7-12(11)13/h10-12H,3-9H2,1-2H3/p+1/t10?,11-,12-/m1/s1. The number of hydrogen-bond donors (Lipinski definition) is 1. The van der Waals surface area contributed by atoms with E-state index in [4.69, 9.17) is 0 Å². The van der Waals surface area contributed by atoms with Crippen molar-refractivity contribution in [3.05, 3.63) is 0 Å². The predicted octanol–water partition coefficient (Wildman–Crippen LogP) is 1.63. The van der Waals surface area contributed by atoms with E-state index in [1.54, 1.807) is 0 Å². The van der Waals surface area contributed by atoms with Crippen molar-refractivity contribution in [3.63, 3.8) is 0 Å². The van der Waals surface area contributed by atoms with Crippen LogP contribution in [0, 0.1) is 5.92 Å². The van der Waals surface area contributed by atoms with Crippen molar-refractivity contribution in [2.24, 2.45) is 5.92 Å². The molecule has 1 heteroatoms. The maximum absolute atomic E-state index is 2.45. The molecule has 0 radical (unpaired) electrons. The average molecular weight is 182 g/mol. The van der Waals surface area contributed by atoms with E-state index >= 15 is 0 Å². The van der Waals surface area contributed by atoms with E-state index < -0.39 is 0 Å². The smallest absolute Gasteiger partial charge is 0.0905 e. The van der Waals surface area contributed by atoms with Gasteiger partial charge < -0.3 is 4.90 Å². The van der Waals surface area contributed by atoms with E-state index in [1.165, 1.54) is 45.1 Å². The summed E-state index contributed by atoms with van der Waals surface area (Å²) in [6, 6.07) is 1.96. The first-order valence-corrected chi connectivity index (χ1v) is 6.18. The van der Waals surface area contributed by atoms with Crippen LogP contribution in [0.15, 0.2) is 0 Å². The van der Waals surface area contributed by atoms with Crippen LogP contribution in [0.4, 0.5) is 0 Å². The third kappa shape index (κ3) is 1.76. The number of nitrogens with one attached hydrogen (secondary N) is 1. The lowest BCUT2D eigenvalue weighted by Crippen LogP contribution is -3.20. The van der Waals surface area contributed by atoms with E-state index in [-0.39, 0.29) is 0 Å². The summed E-state index contributed by atoms with van der Waals surface area (Å²) in [5.41, 5.74) is 0. The Labute approximate surface area is 82.5 Å². The number of piperidine rings is 1. The quantitative estimate of drug-likeness (QED) is 0.629. The van der Waals surface area contributed by atoms with Gasteiger partial charge in [0.15, 0.2) is 0 Å². The molecule has 0 aromatic carbocycles. The summed E-state index contributed by atoms with van der Waals surface area (Å²) in [5.74, 6) is 1.08. The van der Waals surface area contributed by atoms with Gasteiger partial charge in [-0.05, 0) is 46.0 Å². The fourth-order valence-electron chi connectivity index (χ4n) is 3.67. The molecule has 0 aromatic heterocycles. The van der Waals surface area contributed by atoms with E-state index in [9.17, 15) is 0 Å². The third-order valence-electron chi connectivity index (χ3n) is 4.40. The molecule has 1 nitrogen and oxygen atoms in total. The minimum absolute atomic E-state index is 0.935. The highest BCUT2D eigenvalue weighted by molar-refractivity contribution is 4.79. The zero-order valence-electron chi connectivity index (χ0n) is 9.18. The van der Waals surface area contributed by atoms with Crippen LogP contribution in [-0.4, -0.2) is 18.6 Å². The lowest BCUT2D eigenvalue weighted by atomic mass is 9.76. The minimum Gasteiger partial charge on any atom is -0.330 e. The fraction of sp³-hybridized carbons (Fsp3) is 1.00. The van der Waals surface area contributed by atoms with Crippen molar-refractivity contribution in [2.75, 3.05) is 6.54 Å². The molecule has 13 heavy (non-hydrogen) atoms. The van der Waals surface area contributed by atoms with Crippen LogP contribution in [-0.2, 0) is 0 Å². The summed E-state index contributed by atoms with van der Waals surface area (Å²) in [4.78, 5) is 1.91. The molecule has 1 saturated carbocycles. The van der Waals surface area contributed by atoms with Gasteiger partial charge in [-0.1, -0.05) is 6.42 Å². The van der Waals surface area contributed by atoms with Crippen molar-refractivity contribution in [1.29, 1.82) is 0 Å². The second-order valence-electron chi connectivity index (χ2n) is 5.06. The second kappa shape index (κ2) is 4.00. The van der Waals surface area contributed by atoms with Crippen molar-refractivity contribution < 1.29 is 4.90 Å². The van der Waals surface area contributed by atoms with Gasteiger partial charge in [0.2, 0.25) is 0 Å². The summed E-state index contributed by atoms with van der Waals surface area (Å²) in [7, 11) is 0. The SMILES string of the molecule is CC[NH+]1C(C)CC[C@H]2CCCC[C@H]21. The van der Waals surface area contributed by atoms with Crippen molar-refractivity contribution in [1.82, 2.24) is 0 Å². The van der Waals surface area contributed by atoms with E-state index in [1.807, 2.05) is 4.90 Å². The van der Waals surface area contributed by atoms with Gasteiger partial charge in [0.05, 0.1) is 18.6 Å². The Morgan fingerprint density at radius 3 is 2.62 bits per heavy atom. The van der Waals surface area contributed by atoms with Gasteiger partial charge in [0, 0.05) is 5.92 Å². The van der Waals surface area contributed by atoms with Gasteiger partial charge in [-0.3, -0.25) is 0 Å². The first-order chi connectivity index (χ1) is 6.33. The van der Waals surface area contributed by atoms with Crippen LogP contribution in [0.25, 0.3) is 0 Å². The Morgan fingerprint density at radius 2 is 1.85 bits per heavy atom. The number of quaternary nitrogens is 1. The lowest BCUT2D eigenvalue weighted by molar-refractivity contribution is -0.957. The van der Waals surface area contributed by atoms with Crippen LogP contribution in [0.2, 0.25) is 0 Å². The zero-order chi connectivity index (χ0) is 9.26. The summed E-state index contributed by atoms with van der Waals surface area (Å²) >= 11 is 0. The molecule has 2 fully saturated rings. The van der Waals surface area contributed by atoms with Gasteiger partial charge >= 0.3 is 0 Å². The van der Waals surface area contributed by atoms with Crippen molar-refractivity contribution >= 4 is 0 Å². The minimum atomic E-state index is 0.935. The van der Waals surface area contributed by atoms with E-state index in [0.717, 1.165) is 18.0 Å². The normalized spacial score (nSPS) is 45.7. The van der Waals surface area contributed by atoms with Gasteiger partial charge in [0.25, 0.3) is 0 Å². The Hall–Kier alpha value is -0.0400. The van der Waals surface area contributed by atoms with E-state index in [0.29, 0.717) is 0 Å². The number of fused-ring (bicyclic) bond motifs is 1. The molecule has 2 aliphatic rings. The molecule has 0 aromatic rings. The highest BCUT2D eigenvalue weighted by atomic mass is 15.2. The van der Waals surface area contributed by atoms with Crippen LogP contribution < -0.4 is 4.90 Å². The fourth-order valence-corrected chi connectivity index (χ4v) is 3.67. The largest absolute Gasteiger partial charge is 0.330 e. The Balaban J connectivity index is 2.04. The molecule has 1 aliphatic carbocycles. The van der Waals surface area contributed by atoms with Gasteiger partial charge in [-0.15, -0.1) is 0 Å². The van der Waals surface area contributed by atoms with Gasteiger partial charge in [-0.2, -0.15) is 0 Å². The van der Waals surface area contributed by atoms with Crippen LogP contribution in [0.1, 0.15) is 52.4 Å². The molecule has 76 valence electrons. The maximum Gasteiger partial charge on any atom is 0.0905 e. The molecule has 2 unspecified atom stereocenters. The highest BCUT2D eigenvalue weighted by Crippen LogP contribution is 2.29. The van der Waals surface area contributed by atoms with Crippen LogP contribution in [0.3, 0.4) is 0 Å². The lowest BCUT2D eigenvalue weighted by Gasteiger charge is -2.44. The molecular formula is C12H24N+. The van der Waals surface area contributed by atoms with Gasteiger partial charge in [0.1, 0.15) is 0 Å². The Morgan fingerprint density at radius 1 is 1.08 bits per heavy atom. The summed E-state index contributed by atoms with van der Waals surface area (Å²) in [6.07, 6.45) is 9.04. The molecule has 0 spiro atoms. The number of hydrogen-bond acceptors (Lipinski definition) is 0. The van der Waals surface area contributed by atoms with Crippen molar-refractivity contribution in [2.45, 2.75) is 64.5 Å². The summed E-state index contributed by atoms with van der Waals surface area (Å²) in [5, 5.41) is 0. The second-order valence-corrected chi connectivity index (χ2v) is 5.06. The zero-order valence-corrected chi connectivity index (χ0v) is 9.18. The molecule has 1 heterocycles. The first-order valence-electron chi connectivity index (χ1n) is 6.18. The molecule has 2 rings (SSSR count). The summed E-state index contributed by atoms with van der Waals surface area (Å²) in [6.45, 7) is 6.16. The molecule has 1 saturated heterocycles. The number of rotatable bonds is 1. The topological polar surface area (TPSA) is 4.44 Å². The monoisotopic (exact) mass is 182 g/mol. The third-order valence-corrected chi connectivity index (χ3v) is 4.40. The molecule has 4 atom stereocenters. The van der Waals surface area contributed by atoms with Crippen LogP contribution >= 0.6 is 0 Å². The average Bonchev–Trinajstić information content (AvgIpc) is 2.18. The maximum atomic E-state index is 2.45. The van der Waals surface area contributed by atoms with Crippen LogP contribution in [0.5, 0.6) is 0 Å². The Kier molecular flexibility index (Phi) is 2.92. The Bertz CT molecular complexity index is 167. The molecular weight excluding hydrogens is 158 g/mol. The highest BCUT2D eigenvalue weighted by Gasteiger charge is 2.38. The molecule has 0 amide bonds. The summed E-state index contributed by atoms with van der Waals surface area (Å²) < 4.78 is 0. The molecule has 1 N–H and O–H groups in total. The van der Waals surface area contributed by atoms with E-state index in [2.05, 4.69) is 13.8 Å². The molecule has 1 aliphatic heterocycles.